The highest BCUT2D eigenvalue weighted by atomic mass is 16.6. The SMILES string of the molecule is CCOC(=O)C(NC(=O)OCC1c2ccccc2-c2ccccc21)C(=O)N(C)CCCCC(=O)O. The fraction of sp³-hybridized carbons (Fsp3) is 0.385. The van der Waals surface area contributed by atoms with Crippen LogP contribution in [0.1, 0.15) is 43.2 Å². The van der Waals surface area contributed by atoms with E-state index in [-0.39, 0.29) is 32.1 Å². The minimum atomic E-state index is -1.56. The van der Waals surface area contributed by atoms with Gasteiger partial charge in [-0.3, -0.25) is 14.9 Å². The lowest BCUT2D eigenvalue weighted by Crippen LogP contribution is -2.52. The molecule has 1 unspecified atom stereocenters. The van der Waals surface area contributed by atoms with Gasteiger partial charge in [0.15, 0.2) is 0 Å². The van der Waals surface area contributed by atoms with Gasteiger partial charge in [-0.2, -0.15) is 0 Å². The van der Waals surface area contributed by atoms with Crippen molar-refractivity contribution in [3.8, 4) is 11.1 Å². The van der Waals surface area contributed by atoms with Crippen LogP contribution in [0.3, 0.4) is 0 Å². The standard InChI is InChI=1S/C26H30N2O7/c1-3-34-25(32)23(24(31)28(2)15-9-8-14-22(29)30)27-26(33)35-16-21-19-12-6-4-10-17(19)18-11-5-7-13-20(18)21/h4-7,10-13,21,23H,3,8-9,14-16H2,1-2H3,(H,27,33)(H,29,30). The molecular weight excluding hydrogens is 452 g/mol. The first-order valence-corrected chi connectivity index (χ1v) is 11.6. The molecule has 35 heavy (non-hydrogen) atoms. The highest BCUT2D eigenvalue weighted by Crippen LogP contribution is 2.44. The zero-order chi connectivity index (χ0) is 25.4. The van der Waals surface area contributed by atoms with Gasteiger partial charge in [-0.15, -0.1) is 0 Å². The Kier molecular flexibility index (Phi) is 8.83. The lowest BCUT2D eigenvalue weighted by atomic mass is 9.98. The van der Waals surface area contributed by atoms with E-state index in [4.69, 9.17) is 14.6 Å². The number of hydrogen-bond donors (Lipinski definition) is 2. The van der Waals surface area contributed by atoms with Crippen molar-refractivity contribution in [1.82, 2.24) is 10.2 Å². The van der Waals surface area contributed by atoms with Crippen molar-refractivity contribution < 1.29 is 33.8 Å². The molecule has 0 saturated carbocycles. The van der Waals surface area contributed by atoms with Crippen molar-refractivity contribution >= 4 is 23.9 Å². The molecule has 0 aliphatic heterocycles. The molecule has 0 saturated heterocycles. The monoisotopic (exact) mass is 482 g/mol. The van der Waals surface area contributed by atoms with E-state index < -0.39 is 30.0 Å². The van der Waals surface area contributed by atoms with Crippen LogP contribution in [-0.2, 0) is 23.9 Å². The molecule has 186 valence electrons. The molecular formula is C26H30N2O7. The third kappa shape index (κ3) is 6.38. The number of carboxylic acid groups (broad SMARTS) is 1. The second kappa shape index (κ2) is 12.0. The van der Waals surface area contributed by atoms with Crippen molar-refractivity contribution in [2.45, 2.75) is 38.1 Å². The lowest BCUT2D eigenvalue weighted by molar-refractivity contribution is -0.151. The summed E-state index contributed by atoms with van der Waals surface area (Å²) in [7, 11) is 1.48. The number of fused-ring (bicyclic) bond motifs is 3. The molecule has 0 spiro atoms. The molecule has 2 amide bonds. The molecule has 2 aromatic carbocycles. The molecule has 0 heterocycles. The van der Waals surface area contributed by atoms with Gasteiger partial charge in [0.25, 0.3) is 5.91 Å². The van der Waals surface area contributed by atoms with Gasteiger partial charge >= 0.3 is 18.0 Å². The number of likely N-dealkylation sites (N-methyl/N-ethyl adjacent to an activating group) is 1. The van der Waals surface area contributed by atoms with Gasteiger partial charge in [-0.05, 0) is 42.0 Å². The summed E-state index contributed by atoms with van der Waals surface area (Å²) in [4.78, 5) is 49.8. The first kappa shape index (κ1) is 25.7. The highest BCUT2D eigenvalue weighted by molar-refractivity contribution is 6.04. The van der Waals surface area contributed by atoms with Crippen LogP contribution >= 0.6 is 0 Å². The summed E-state index contributed by atoms with van der Waals surface area (Å²) in [5.74, 6) is -2.63. The molecule has 3 rings (SSSR count). The van der Waals surface area contributed by atoms with Crippen LogP contribution in [0.5, 0.6) is 0 Å². The number of alkyl carbamates (subject to hydrolysis) is 1. The number of nitrogens with one attached hydrogen (secondary N) is 1. The Bertz CT molecular complexity index is 1040. The number of ether oxygens (including phenoxy) is 2. The van der Waals surface area contributed by atoms with Crippen molar-refractivity contribution in [1.29, 1.82) is 0 Å². The second-order valence-electron chi connectivity index (χ2n) is 8.27. The maximum absolute atomic E-state index is 12.8. The number of unbranched alkanes of at least 4 members (excludes halogenated alkanes) is 1. The van der Waals surface area contributed by atoms with E-state index in [9.17, 15) is 19.2 Å². The molecule has 0 radical (unpaired) electrons. The molecule has 2 N–H and O–H groups in total. The van der Waals surface area contributed by atoms with Crippen molar-refractivity contribution in [3.63, 3.8) is 0 Å². The topological polar surface area (TPSA) is 122 Å². The van der Waals surface area contributed by atoms with Crippen molar-refractivity contribution in [2.75, 3.05) is 26.8 Å². The molecule has 0 aromatic heterocycles. The largest absolute Gasteiger partial charge is 0.481 e. The number of carbonyl (C=O) groups excluding carboxylic acids is 3. The van der Waals surface area contributed by atoms with Crippen LogP contribution < -0.4 is 5.32 Å². The van der Waals surface area contributed by atoms with Crippen LogP contribution in [0, 0.1) is 0 Å². The minimum absolute atomic E-state index is 0.0126. The first-order valence-electron chi connectivity index (χ1n) is 11.6. The summed E-state index contributed by atoms with van der Waals surface area (Å²) in [6, 6.07) is 14.2. The molecule has 0 bridgehead atoms. The number of esters is 1. The summed E-state index contributed by atoms with van der Waals surface area (Å²) in [6.07, 6.45) is -0.0924. The van der Waals surface area contributed by atoms with E-state index in [2.05, 4.69) is 5.32 Å². The fourth-order valence-corrected chi connectivity index (χ4v) is 4.16. The van der Waals surface area contributed by atoms with Crippen LogP contribution in [0.4, 0.5) is 4.79 Å². The smallest absolute Gasteiger partial charge is 0.408 e. The van der Waals surface area contributed by atoms with Gasteiger partial charge in [-0.25, -0.2) is 9.59 Å². The lowest BCUT2D eigenvalue weighted by Gasteiger charge is -2.23. The minimum Gasteiger partial charge on any atom is -0.481 e. The Morgan fingerprint density at radius 2 is 1.57 bits per heavy atom. The Morgan fingerprint density at radius 3 is 2.14 bits per heavy atom. The van der Waals surface area contributed by atoms with Crippen LogP contribution in [0.2, 0.25) is 0 Å². The van der Waals surface area contributed by atoms with Gasteiger partial charge in [0, 0.05) is 25.9 Å². The van der Waals surface area contributed by atoms with Crippen molar-refractivity contribution in [3.05, 3.63) is 59.7 Å². The Morgan fingerprint density at radius 1 is 0.971 bits per heavy atom. The summed E-state index contributed by atoms with van der Waals surface area (Å²) >= 11 is 0. The van der Waals surface area contributed by atoms with Crippen molar-refractivity contribution in [2.24, 2.45) is 0 Å². The average Bonchev–Trinajstić information content (AvgIpc) is 3.17. The molecule has 0 fully saturated rings. The predicted octanol–water partition coefficient (Wildman–Crippen LogP) is 3.17. The van der Waals surface area contributed by atoms with E-state index >= 15 is 0 Å². The normalized spacial score (nSPS) is 12.7. The number of carbonyl (C=O) groups is 4. The fourth-order valence-electron chi connectivity index (χ4n) is 4.16. The number of carboxylic acids is 1. The van der Waals surface area contributed by atoms with Gasteiger partial charge in [0.1, 0.15) is 6.61 Å². The highest BCUT2D eigenvalue weighted by Gasteiger charge is 2.34. The number of benzene rings is 2. The molecule has 2 aromatic rings. The Balaban J connectivity index is 1.63. The maximum Gasteiger partial charge on any atom is 0.408 e. The quantitative estimate of drug-likeness (QED) is 0.287. The van der Waals surface area contributed by atoms with E-state index in [1.807, 2.05) is 48.5 Å². The zero-order valence-electron chi connectivity index (χ0n) is 19.9. The Labute approximate surface area is 204 Å². The maximum atomic E-state index is 12.8. The number of rotatable bonds is 11. The number of aliphatic carboxylic acids is 1. The summed E-state index contributed by atoms with van der Waals surface area (Å²) in [5, 5.41) is 11.1. The number of nitrogens with zero attached hydrogens (tertiary/aromatic N) is 1. The van der Waals surface area contributed by atoms with E-state index in [1.54, 1.807) is 6.92 Å². The van der Waals surface area contributed by atoms with Crippen LogP contribution in [0.25, 0.3) is 11.1 Å². The van der Waals surface area contributed by atoms with Gasteiger partial charge in [-0.1, -0.05) is 48.5 Å². The van der Waals surface area contributed by atoms with E-state index in [0.29, 0.717) is 12.8 Å². The average molecular weight is 483 g/mol. The Hall–Kier alpha value is -3.88. The van der Waals surface area contributed by atoms with Gasteiger partial charge < -0.3 is 19.5 Å². The van der Waals surface area contributed by atoms with E-state index in [0.717, 1.165) is 22.3 Å². The third-order valence-corrected chi connectivity index (χ3v) is 5.89. The molecule has 9 heteroatoms. The molecule has 9 nitrogen and oxygen atoms in total. The first-order chi connectivity index (χ1) is 16.8. The van der Waals surface area contributed by atoms with Gasteiger partial charge in [0.2, 0.25) is 6.04 Å². The van der Waals surface area contributed by atoms with E-state index in [1.165, 1.54) is 11.9 Å². The molecule has 1 atom stereocenters. The summed E-state index contributed by atoms with van der Waals surface area (Å²) in [6.45, 7) is 1.91. The van der Waals surface area contributed by atoms with Crippen LogP contribution in [-0.4, -0.2) is 66.8 Å². The predicted molar refractivity (Wildman–Crippen MR) is 128 cm³/mol. The number of amides is 2. The molecule has 1 aliphatic rings. The van der Waals surface area contributed by atoms with Crippen LogP contribution in [0.15, 0.2) is 48.5 Å². The van der Waals surface area contributed by atoms with Gasteiger partial charge in [0.05, 0.1) is 6.61 Å². The summed E-state index contributed by atoms with van der Waals surface area (Å²) < 4.78 is 10.4. The second-order valence-corrected chi connectivity index (χ2v) is 8.27. The number of hydrogen-bond acceptors (Lipinski definition) is 6. The third-order valence-electron chi connectivity index (χ3n) is 5.89. The molecule has 1 aliphatic carbocycles. The summed E-state index contributed by atoms with van der Waals surface area (Å²) in [5.41, 5.74) is 4.25. The zero-order valence-corrected chi connectivity index (χ0v) is 19.9.